The Balaban J connectivity index is 1.52. The topological polar surface area (TPSA) is 88.5 Å². The van der Waals surface area contributed by atoms with Gasteiger partial charge in [0.15, 0.2) is 17.5 Å². The largest absolute Gasteiger partial charge is 0.376 e. The van der Waals surface area contributed by atoms with E-state index in [1.807, 2.05) is 6.92 Å². The van der Waals surface area contributed by atoms with Gasteiger partial charge in [0.05, 0.1) is 55.3 Å². The number of ether oxygens (including phenoxy) is 1. The third-order valence-electron chi connectivity index (χ3n) is 5.24. The number of halogens is 3. The van der Waals surface area contributed by atoms with Gasteiger partial charge in [0.25, 0.3) is 5.91 Å². The van der Waals surface area contributed by atoms with Crippen LogP contribution in [-0.2, 0) is 17.8 Å². The summed E-state index contributed by atoms with van der Waals surface area (Å²) in [6, 6.07) is 0.470. The van der Waals surface area contributed by atoms with E-state index in [9.17, 15) is 22.8 Å². The highest BCUT2D eigenvalue weighted by molar-refractivity contribution is 5.96. The van der Waals surface area contributed by atoms with Crippen molar-refractivity contribution in [3.05, 3.63) is 47.0 Å². The number of anilines is 1. The summed E-state index contributed by atoms with van der Waals surface area (Å²) < 4.78 is 46.8. The second-order valence-corrected chi connectivity index (χ2v) is 7.86. The molecule has 160 valence electrons. The Bertz CT molecular complexity index is 998. The Morgan fingerprint density at radius 2 is 1.90 bits per heavy atom. The van der Waals surface area contributed by atoms with Gasteiger partial charge in [-0.25, -0.2) is 18.0 Å². The van der Waals surface area contributed by atoms with Gasteiger partial charge in [0.2, 0.25) is 0 Å². The van der Waals surface area contributed by atoms with Crippen LogP contribution < -0.4 is 10.6 Å². The molecule has 2 aromatic rings. The molecule has 1 fully saturated rings. The smallest absolute Gasteiger partial charge is 0.322 e. The lowest BCUT2D eigenvalue weighted by Crippen LogP contribution is -2.60. The number of carbonyl (C=O) groups is 2. The zero-order valence-corrected chi connectivity index (χ0v) is 16.3. The molecule has 2 aliphatic rings. The van der Waals surface area contributed by atoms with E-state index >= 15 is 0 Å². The minimum atomic E-state index is -1.61. The molecular formula is C19H20F3N5O3. The van der Waals surface area contributed by atoms with E-state index in [0.29, 0.717) is 43.1 Å². The van der Waals surface area contributed by atoms with E-state index in [2.05, 4.69) is 15.7 Å². The number of carbonyl (C=O) groups excluding carboxylic acids is 2. The molecule has 30 heavy (non-hydrogen) atoms. The number of hydrogen-bond acceptors (Lipinski definition) is 4. The molecule has 0 radical (unpaired) electrons. The Kier molecular flexibility index (Phi) is 4.92. The maximum atomic E-state index is 13.4. The van der Waals surface area contributed by atoms with Crippen LogP contribution in [0, 0.1) is 17.5 Å². The van der Waals surface area contributed by atoms with Crippen molar-refractivity contribution in [3.63, 3.8) is 0 Å². The first-order valence-electron chi connectivity index (χ1n) is 9.34. The molecule has 1 atom stereocenters. The predicted octanol–water partition coefficient (Wildman–Crippen LogP) is 2.26. The summed E-state index contributed by atoms with van der Waals surface area (Å²) in [5.41, 5.74) is 0.230. The van der Waals surface area contributed by atoms with Crippen LogP contribution in [0.4, 0.5) is 23.7 Å². The molecule has 1 saturated heterocycles. The van der Waals surface area contributed by atoms with Gasteiger partial charge >= 0.3 is 6.03 Å². The zero-order valence-electron chi connectivity index (χ0n) is 16.3. The highest BCUT2D eigenvalue weighted by atomic mass is 19.2. The highest BCUT2D eigenvalue weighted by Crippen LogP contribution is 2.24. The third-order valence-corrected chi connectivity index (χ3v) is 5.24. The molecule has 0 bridgehead atoms. The second kappa shape index (κ2) is 7.31. The molecule has 0 spiro atoms. The van der Waals surface area contributed by atoms with Gasteiger partial charge < -0.3 is 20.3 Å². The minimum Gasteiger partial charge on any atom is -0.376 e. The average Bonchev–Trinajstić information content (AvgIpc) is 3.06. The number of benzene rings is 1. The summed E-state index contributed by atoms with van der Waals surface area (Å²) >= 11 is 0. The summed E-state index contributed by atoms with van der Waals surface area (Å²) in [6.07, 6.45) is 1.45. The van der Waals surface area contributed by atoms with E-state index in [0.717, 1.165) is 0 Å². The Hall–Kier alpha value is -3.08. The van der Waals surface area contributed by atoms with Crippen LogP contribution in [0.5, 0.6) is 0 Å². The van der Waals surface area contributed by atoms with E-state index in [1.165, 1.54) is 11.1 Å². The monoisotopic (exact) mass is 423 g/mol. The van der Waals surface area contributed by atoms with Gasteiger partial charge in [-0.05, 0) is 13.8 Å². The lowest BCUT2D eigenvalue weighted by molar-refractivity contribution is -0.0594. The number of aromatic nitrogens is 2. The molecule has 3 heterocycles. The SMILES string of the molecule is C[C@@H]1Cn2ncc(C(=O)NC3(C)COC3)c2CN1C(=O)Nc1cc(F)c(F)c(F)c1. The fraction of sp³-hybridized carbons (Fsp3) is 0.421. The van der Waals surface area contributed by atoms with Crippen molar-refractivity contribution in [2.24, 2.45) is 0 Å². The normalized spacial score (nSPS) is 19.6. The standard InChI is InChI=1S/C19H20F3N5O3/c1-10-6-27-15(12(5-23-27)17(28)25-19(2)8-30-9-19)7-26(10)18(29)24-11-3-13(20)16(22)14(21)4-11/h3-5,10H,6-9H2,1-2H3,(H,24,29)(H,25,28)/t10-/m1/s1. The first-order valence-corrected chi connectivity index (χ1v) is 9.34. The molecule has 0 saturated carbocycles. The van der Waals surface area contributed by atoms with E-state index in [-0.39, 0.29) is 24.2 Å². The van der Waals surface area contributed by atoms with Gasteiger partial charge in [-0.3, -0.25) is 9.48 Å². The van der Waals surface area contributed by atoms with Gasteiger partial charge in [-0.15, -0.1) is 0 Å². The molecule has 3 amide bonds. The van der Waals surface area contributed by atoms with Gasteiger partial charge in [0.1, 0.15) is 0 Å². The molecular weight excluding hydrogens is 403 g/mol. The van der Waals surface area contributed by atoms with Crippen LogP contribution in [0.2, 0.25) is 0 Å². The number of nitrogens with zero attached hydrogens (tertiary/aromatic N) is 3. The number of amides is 3. The van der Waals surface area contributed by atoms with Gasteiger partial charge in [-0.2, -0.15) is 5.10 Å². The molecule has 1 aromatic heterocycles. The number of hydrogen-bond donors (Lipinski definition) is 2. The molecule has 4 rings (SSSR count). The molecule has 2 N–H and O–H groups in total. The Labute approximate surface area is 170 Å². The maximum Gasteiger partial charge on any atom is 0.322 e. The molecule has 1 aromatic carbocycles. The summed E-state index contributed by atoms with van der Waals surface area (Å²) in [6.45, 7) is 4.88. The minimum absolute atomic E-state index is 0.0646. The number of fused-ring (bicyclic) bond motifs is 1. The van der Waals surface area contributed by atoms with E-state index < -0.39 is 29.0 Å². The zero-order chi connectivity index (χ0) is 21.6. The number of nitrogens with one attached hydrogen (secondary N) is 2. The van der Waals surface area contributed by atoms with Crippen LogP contribution in [0.15, 0.2) is 18.3 Å². The molecule has 0 aliphatic carbocycles. The average molecular weight is 423 g/mol. The highest BCUT2D eigenvalue weighted by Gasteiger charge is 2.37. The van der Waals surface area contributed by atoms with Gasteiger partial charge in [0, 0.05) is 17.8 Å². The van der Waals surface area contributed by atoms with Crippen LogP contribution in [0.3, 0.4) is 0 Å². The number of rotatable bonds is 3. The summed E-state index contributed by atoms with van der Waals surface area (Å²) in [7, 11) is 0. The maximum absolute atomic E-state index is 13.4. The molecule has 0 unspecified atom stereocenters. The van der Waals surface area contributed by atoms with Crippen molar-refractivity contribution in [2.75, 3.05) is 18.5 Å². The second-order valence-electron chi connectivity index (χ2n) is 7.86. The lowest BCUT2D eigenvalue weighted by Gasteiger charge is -2.39. The fourth-order valence-electron chi connectivity index (χ4n) is 3.51. The lowest BCUT2D eigenvalue weighted by atomic mass is 10.00. The molecule has 8 nitrogen and oxygen atoms in total. The molecule has 11 heteroatoms. The van der Waals surface area contributed by atoms with Crippen molar-refractivity contribution < 1.29 is 27.5 Å². The molecule has 2 aliphatic heterocycles. The first kappa shape index (κ1) is 20.2. The van der Waals surface area contributed by atoms with Crippen molar-refractivity contribution in [3.8, 4) is 0 Å². The summed E-state index contributed by atoms with van der Waals surface area (Å²) in [5, 5.41) is 9.51. The van der Waals surface area contributed by atoms with Crippen molar-refractivity contribution >= 4 is 17.6 Å². The first-order chi connectivity index (χ1) is 14.2. The van der Waals surface area contributed by atoms with Crippen molar-refractivity contribution in [1.82, 2.24) is 20.0 Å². The fourth-order valence-corrected chi connectivity index (χ4v) is 3.51. The quantitative estimate of drug-likeness (QED) is 0.742. The number of urea groups is 1. The van der Waals surface area contributed by atoms with Crippen LogP contribution in [0.25, 0.3) is 0 Å². The van der Waals surface area contributed by atoms with Crippen LogP contribution in [0.1, 0.15) is 29.9 Å². The Morgan fingerprint density at radius 3 is 2.50 bits per heavy atom. The summed E-state index contributed by atoms with van der Waals surface area (Å²) in [5.74, 6) is -4.73. The Morgan fingerprint density at radius 1 is 1.23 bits per heavy atom. The van der Waals surface area contributed by atoms with Crippen LogP contribution >= 0.6 is 0 Å². The van der Waals surface area contributed by atoms with Crippen LogP contribution in [-0.4, -0.2) is 51.4 Å². The van der Waals surface area contributed by atoms with Crippen molar-refractivity contribution in [2.45, 2.75) is 38.5 Å². The summed E-state index contributed by atoms with van der Waals surface area (Å²) in [4.78, 5) is 26.8. The van der Waals surface area contributed by atoms with Gasteiger partial charge in [-0.1, -0.05) is 0 Å². The van der Waals surface area contributed by atoms with E-state index in [4.69, 9.17) is 4.74 Å². The predicted molar refractivity (Wildman–Crippen MR) is 99.3 cm³/mol. The third kappa shape index (κ3) is 3.60. The van der Waals surface area contributed by atoms with E-state index in [1.54, 1.807) is 11.6 Å². The van der Waals surface area contributed by atoms with Crippen molar-refractivity contribution in [1.29, 1.82) is 0 Å².